The predicted octanol–water partition coefficient (Wildman–Crippen LogP) is 1.29. The van der Waals surface area contributed by atoms with E-state index in [0.29, 0.717) is 13.1 Å². The molecule has 2 heterocycles. The van der Waals surface area contributed by atoms with E-state index in [0.717, 1.165) is 45.2 Å². The maximum atomic E-state index is 12.9. The number of benzene rings is 1. The Morgan fingerprint density at radius 2 is 1.78 bits per heavy atom. The Hall–Kier alpha value is -1.68. The number of nitrogens with one attached hydrogen (secondary N) is 1. The number of nitrogens with zero attached hydrogens (tertiary/aromatic N) is 1. The van der Waals surface area contributed by atoms with Crippen molar-refractivity contribution >= 4 is 11.8 Å². The van der Waals surface area contributed by atoms with Crippen LogP contribution in [-0.4, -0.2) is 29.9 Å². The second-order valence-corrected chi connectivity index (χ2v) is 7.50. The normalized spacial score (nSPS) is 26.6. The Morgan fingerprint density at radius 3 is 2.57 bits per heavy atom. The second-order valence-electron chi connectivity index (χ2n) is 7.50. The van der Waals surface area contributed by atoms with E-state index < -0.39 is 0 Å². The first-order valence-electron chi connectivity index (χ1n) is 8.93. The Labute approximate surface area is 137 Å². The number of likely N-dealkylation sites (tertiary alicyclic amines) is 1. The highest BCUT2D eigenvalue weighted by Gasteiger charge is 2.52. The molecule has 2 fully saturated rings. The third kappa shape index (κ3) is 2.59. The van der Waals surface area contributed by atoms with Crippen LogP contribution in [0.25, 0.3) is 0 Å². The standard InChI is InChI=1S/C19H24N2O2/c22-17-12-19(9-4-1-5-10-19)18(23)21(17)14-20-11-8-15-6-2-3-7-16(15)13-20/h2-3,6-7H,1,4-5,8-14H2/p+1. The fourth-order valence-electron chi connectivity index (χ4n) is 4.64. The molecule has 1 saturated carbocycles. The minimum absolute atomic E-state index is 0.0586. The third-order valence-corrected chi connectivity index (χ3v) is 5.99. The van der Waals surface area contributed by atoms with Gasteiger partial charge in [-0.15, -0.1) is 0 Å². The minimum atomic E-state index is -0.345. The molecule has 2 amide bonds. The summed E-state index contributed by atoms with van der Waals surface area (Å²) in [7, 11) is 0. The topological polar surface area (TPSA) is 41.8 Å². The Kier molecular flexibility index (Phi) is 3.72. The molecule has 1 aliphatic carbocycles. The van der Waals surface area contributed by atoms with Crippen LogP contribution < -0.4 is 4.90 Å². The summed E-state index contributed by atoms with van der Waals surface area (Å²) in [5.41, 5.74) is 2.43. The Balaban J connectivity index is 1.47. The largest absolute Gasteiger partial charge is 0.313 e. The lowest BCUT2D eigenvalue weighted by Gasteiger charge is -2.32. The van der Waals surface area contributed by atoms with Gasteiger partial charge in [0, 0.05) is 18.4 Å². The van der Waals surface area contributed by atoms with Gasteiger partial charge in [-0.3, -0.25) is 9.59 Å². The van der Waals surface area contributed by atoms with E-state index in [1.165, 1.54) is 22.4 Å². The monoisotopic (exact) mass is 313 g/mol. The van der Waals surface area contributed by atoms with Crippen molar-refractivity contribution in [1.82, 2.24) is 4.90 Å². The molecule has 1 aromatic carbocycles. The van der Waals surface area contributed by atoms with Crippen LogP contribution in [0.15, 0.2) is 24.3 Å². The highest BCUT2D eigenvalue weighted by atomic mass is 16.2. The molecule has 1 unspecified atom stereocenters. The molecule has 0 aromatic heterocycles. The highest BCUT2D eigenvalue weighted by molar-refractivity contribution is 6.05. The molecule has 1 N–H and O–H groups in total. The van der Waals surface area contributed by atoms with Gasteiger partial charge in [0.05, 0.1) is 12.0 Å². The first kappa shape index (κ1) is 14.9. The molecular formula is C19H25N2O2+. The zero-order valence-electron chi connectivity index (χ0n) is 13.6. The van der Waals surface area contributed by atoms with Crippen molar-refractivity contribution in [2.75, 3.05) is 13.2 Å². The number of carbonyl (C=O) groups is 2. The van der Waals surface area contributed by atoms with Crippen LogP contribution in [0, 0.1) is 5.41 Å². The highest BCUT2D eigenvalue weighted by Crippen LogP contribution is 2.44. The lowest BCUT2D eigenvalue weighted by atomic mass is 9.73. The molecule has 2 aliphatic heterocycles. The van der Waals surface area contributed by atoms with E-state index >= 15 is 0 Å². The lowest BCUT2D eigenvalue weighted by Crippen LogP contribution is -3.13. The molecule has 4 rings (SSSR count). The van der Waals surface area contributed by atoms with Crippen molar-refractivity contribution < 1.29 is 14.5 Å². The zero-order chi connectivity index (χ0) is 15.9. The SMILES string of the molecule is O=C1CC2(CCCCC2)C(=O)N1C[NH+]1CCc2ccccc2C1. The average Bonchev–Trinajstić information content (AvgIpc) is 2.80. The molecule has 1 aromatic rings. The van der Waals surface area contributed by atoms with Crippen LogP contribution in [0.5, 0.6) is 0 Å². The third-order valence-electron chi connectivity index (χ3n) is 5.99. The van der Waals surface area contributed by atoms with Gasteiger partial charge < -0.3 is 4.90 Å². The first-order valence-corrected chi connectivity index (χ1v) is 8.93. The van der Waals surface area contributed by atoms with E-state index in [1.54, 1.807) is 4.90 Å². The van der Waals surface area contributed by atoms with Gasteiger partial charge in [-0.25, -0.2) is 4.90 Å². The lowest BCUT2D eigenvalue weighted by molar-refractivity contribution is -0.923. The van der Waals surface area contributed by atoms with E-state index in [-0.39, 0.29) is 17.2 Å². The summed E-state index contributed by atoms with van der Waals surface area (Å²) in [5, 5.41) is 0. The van der Waals surface area contributed by atoms with Gasteiger partial charge in [0.25, 0.3) is 0 Å². The summed E-state index contributed by atoms with van der Waals surface area (Å²) in [6.07, 6.45) is 6.70. The maximum absolute atomic E-state index is 12.9. The molecule has 0 bridgehead atoms. The zero-order valence-corrected chi connectivity index (χ0v) is 13.6. The number of hydrogen-bond acceptors (Lipinski definition) is 2. The maximum Gasteiger partial charge on any atom is 0.240 e. The van der Waals surface area contributed by atoms with Crippen LogP contribution >= 0.6 is 0 Å². The molecule has 3 aliphatic rings. The van der Waals surface area contributed by atoms with Crippen molar-refractivity contribution in [2.24, 2.45) is 5.41 Å². The van der Waals surface area contributed by atoms with E-state index in [1.807, 2.05) is 0 Å². The predicted molar refractivity (Wildman–Crippen MR) is 86.5 cm³/mol. The van der Waals surface area contributed by atoms with Crippen molar-refractivity contribution in [2.45, 2.75) is 51.5 Å². The van der Waals surface area contributed by atoms with Crippen LogP contribution in [0.1, 0.15) is 49.7 Å². The summed E-state index contributed by atoms with van der Waals surface area (Å²) in [4.78, 5) is 28.3. The molecular weight excluding hydrogens is 288 g/mol. The second kappa shape index (κ2) is 5.75. The molecule has 4 heteroatoms. The minimum Gasteiger partial charge on any atom is -0.313 e. The van der Waals surface area contributed by atoms with Crippen molar-refractivity contribution in [3.05, 3.63) is 35.4 Å². The van der Waals surface area contributed by atoms with Crippen molar-refractivity contribution in [1.29, 1.82) is 0 Å². The smallest absolute Gasteiger partial charge is 0.240 e. The number of imide groups is 1. The summed E-state index contributed by atoms with van der Waals surface area (Å²) < 4.78 is 0. The molecule has 4 nitrogen and oxygen atoms in total. The van der Waals surface area contributed by atoms with Crippen molar-refractivity contribution in [3.63, 3.8) is 0 Å². The van der Waals surface area contributed by atoms with Crippen LogP contribution in [0.3, 0.4) is 0 Å². The summed E-state index contributed by atoms with van der Waals surface area (Å²) in [5.74, 6) is 0.178. The molecule has 23 heavy (non-hydrogen) atoms. The van der Waals surface area contributed by atoms with Gasteiger partial charge in [-0.05, 0) is 18.4 Å². The molecule has 1 saturated heterocycles. The van der Waals surface area contributed by atoms with Gasteiger partial charge >= 0.3 is 0 Å². The molecule has 1 spiro atoms. The van der Waals surface area contributed by atoms with Crippen LogP contribution in [0.4, 0.5) is 0 Å². The van der Waals surface area contributed by atoms with Crippen molar-refractivity contribution in [3.8, 4) is 0 Å². The summed E-state index contributed by atoms with van der Waals surface area (Å²) in [6.45, 7) is 2.47. The molecule has 122 valence electrons. The van der Waals surface area contributed by atoms with Gasteiger partial charge in [0.1, 0.15) is 6.54 Å². The van der Waals surface area contributed by atoms with E-state index in [2.05, 4.69) is 24.3 Å². The van der Waals surface area contributed by atoms with Crippen LogP contribution in [-0.2, 0) is 22.6 Å². The van der Waals surface area contributed by atoms with Gasteiger partial charge in [-0.1, -0.05) is 43.5 Å². The van der Waals surface area contributed by atoms with Crippen LogP contribution in [0.2, 0.25) is 0 Å². The average molecular weight is 313 g/mol. The number of amides is 2. The number of hydrogen-bond donors (Lipinski definition) is 1. The quantitative estimate of drug-likeness (QED) is 0.836. The number of rotatable bonds is 2. The fraction of sp³-hybridized carbons (Fsp3) is 0.579. The summed E-state index contributed by atoms with van der Waals surface area (Å²) in [6, 6.07) is 8.52. The molecule has 1 atom stereocenters. The number of quaternary nitrogens is 1. The van der Waals surface area contributed by atoms with E-state index in [4.69, 9.17) is 0 Å². The molecule has 0 radical (unpaired) electrons. The van der Waals surface area contributed by atoms with Gasteiger partial charge in [0.2, 0.25) is 11.8 Å². The van der Waals surface area contributed by atoms with E-state index in [9.17, 15) is 9.59 Å². The Morgan fingerprint density at radius 1 is 1.04 bits per heavy atom. The van der Waals surface area contributed by atoms with Gasteiger partial charge in [0.15, 0.2) is 6.67 Å². The number of fused-ring (bicyclic) bond motifs is 1. The fourth-order valence-corrected chi connectivity index (χ4v) is 4.64. The summed E-state index contributed by atoms with van der Waals surface area (Å²) >= 11 is 0. The Bertz CT molecular complexity index is 634. The number of carbonyl (C=O) groups excluding carboxylic acids is 2. The van der Waals surface area contributed by atoms with Gasteiger partial charge in [-0.2, -0.15) is 0 Å². The first-order chi connectivity index (χ1) is 11.2.